The largest absolute Gasteiger partial charge is 0.490 e. The number of amides is 2. The van der Waals surface area contributed by atoms with Gasteiger partial charge in [0.2, 0.25) is 5.91 Å². The predicted octanol–water partition coefficient (Wildman–Crippen LogP) is 1.48. The van der Waals surface area contributed by atoms with Crippen molar-refractivity contribution in [1.29, 1.82) is 0 Å². The van der Waals surface area contributed by atoms with Crippen molar-refractivity contribution in [3.63, 3.8) is 0 Å². The minimum absolute atomic E-state index is 0.00919. The Balaban J connectivity index is 1.80. The average molecular weight is 402 g/mol. The van der Waals surface area contributed by atoms with Gasteiger partial charge in [0.25, 0.3) is 5.91 Å². The van der Waals surface area contributed by atoms with Crippen molar-refractivity contribution in [2.75, 3.05) is 26.2 Å². The number of piperidine rings is 1. The normalized spacial score (nSPS) is 15.9. The summed E-state index contributed by atoms with van der Waals surface area (Å²) < 4.78 is 7.23. The number of carboxylic acid groups (broad SMARTS) is 1. The molecular weight excluding hydrogens is 376 g/mol. The van der Waals surface area contributed by atoms with Gasteiger partial charge in [-0.3, -0.25) is 18.8 Å². The zero-order valence-corrected chi connectivity index (χ0v) is 16.9. The topological polar surface area (TPSA) is 113 Å². The first kappa shape index (κ1) is 20.6. The monoisotopic (exact) mass is 402 g/mol. The summed E-state index contributed by atoms with van der Waals surface area (Å²) in [6.07, 6.45) is 2.32. The van der Waals surface area contributed by atoms with E-state index in [2.05, 4.69) is 10.3 Å². The average Bonchev–Trinajstić information content (AvgIpc) is 3.03. The summed E-state index contributed by atoms with van der Waals surface area (Å²) in [5.74, 6) is -0.844. The quantitative estimate of drug-likeness (QED) is 0.757. The minimum atomic E-state index is -1.09. The van der Waals surface area contributed by atoms with Gasteiger partial charge in [0.15, 0.2) is 11.4 Å². The molecule has 1 aliphatic rings. The molecule has 3 heterocycles. The zero-order valence-electron chi connectivity index (χ0n) is 16.9. The van der Waals surface area contributed by atoms with Gasteiger partial charge in [0.1, 0.15) is 5.69 Å². The molecule has 0 aromatic carbocycles. The second kappa shape index (κ2) is 8.10. The number of carbonyl (C=O) groups is 3. The summed E-state index contributed by atoms with van der Waals surface area (Å²) in [4.78, 5) is 42.5. The van der Waals surface area contributed by atoms with E-state index in [1.807, 2.05) is 6.92 Å². The number of rotatable bonds is 6. The van der Waals surface area contributed by atoms with E-state index in [1.54, 1.807) is 34.6 Å². The first-order valence-corrected chi connectivity index (χ1v) is 9.66. The molecule has 0 radical (unpaired) electrons. The fraction of sp³-hybridized carbons (Fsp3) is 0.500. The smallest absolute Gasteiger partial charge is 0.311 e. The van der Waals surface area contributed by atoms with E-state index < -0.39 is 17.3 Å². The standard InChI is InChI=1S/C20H26N4O5/c1-4-29-15-6-5-9-24-16(13(2)22-17(15)24)18(26)21-12-20(19(27)28)7-10-23(11-8-20)14(3)25/h5-6,9H,4,7-8,10-12H2,1-3H3,(H,21,26)(H,27,28). The van der Waals surface area contributed by atoms with Crippen molar-refractivity contribution >= 4 is 23.4 Å². The first-order valence-electron chi connectivity index (χ1n) is 9.66. The number of carbonyl (C=O) groups excluding carboxylic acids is 2. The molecule has 0 spiro atoms. The Labute approximate surface area is 168 Å². The van der Waals surface area contributed by atoms with Crippen LogP contribution in [0.2, 0.25) is 0 Å². The Bertz CT molecular complexity index is 944. The summed E-state index contributed by atoms with van der Waals surface area (Å²) in [6, 6.07) is 3.56. The maximum Gasteiger partial charge on any atom is 0.311 e. The molecule has 1 saturated heterocycles. The van der Waals surface area contributed by atoms with Crippen LogP contribution in [0.15, 0.2) is 18.3 Å². The number of aryl methyl sites for hydroxylation is 1. The molecular formula is C20H26N4O5. The highest BCUT2D eigenvalue weighted by Gasteiger charge is 2.42. The summed E-state index contributed by atoms with van der Waals surface area (Å²) in [7, 11) is 0. The van der Waals surface area contributed by atoms with Crippen molar-refractivity contribution in [1.82, 2.24) is 19.6 Å². The molecule has 156 valence electrons. The maximum absolute atomic E-state index is 12.9. The van der Waals surface area contributed by atoms with E-state index in [4.69, 9.17) is 4.74 Å². The van der Waals surface area contributed by atoms with Gasteiger partial charge in [-0.05, 0) is 38.8 Å². The molecule has 0 atom stereocenters. The van der Waals surface area contributed by atoms with E-state index in [0.717, 1.165) is 0 Å². The van der Waals surface area contributed by atoms with Crippen LogP contribution in [0.4, 0.5) is 0 Å². The number of ether oxygens (including phenoxy) is 1. The van der Waals surface area contributed by atoms with E-state index >= 15 is 0 Å². The van der Waals surface area contributed by atoms with Gasteiger partial charge in [0, 0.05) is 32.8 Å². The van der Waals surface area contributed by atoms with Crippen molar-refractivity contribution in [3.05, 3.63) is 29.7 Å². The van der Waals surface area contributed by atoms with Gasteiger partial charge < -0.3 is 20.1 Å². The minimum Gasteiger partial charge on any atom is -0.490 e. The lowest BCUT2D eigenvalue weighted by Gasteiger charge is -2.38. The highest BCUT2D eigenvalue weighted by atomic mass is 16.5. The number of likely N-dealkylation sites (tertiary alicyclic amines) is 1. The highest BCUT2D eigenvalue weighted by Crippen LogP contribution is 2.31. The van der Waals surface area contributed by atoms with Crippen LogP contribution in [0.25, 0.3) is 5.65 Å². The lowest BCUT2D eigenvalue weighted by Crippen LogP contribution is -2.51. The molecule has 29 heavy (non-hydrogen) atoms. The molecule has 2 N–H and O–H groups in total. The molecule has 1 aliphatic heterocycles. The molecule has 9 heteroatoms. The van der Waals surface area contributed by atoms with Crippen LogP contribution < -0.4 is 10.1 Å². The molecule has 2 amide bonds. The molecule has 9 nitrogen and oxygen atoms in total. The third-order valence-electron chi connectivity index (χ3n) is 5.51. The lowest BCUT2D eigenvalue weighted by atomic mass is 9.78. The van der Waals surface area contributed by atoms with Crippen LogP contribution in [-0.2, 0) is 9.59 Å². The number of nitrogens with zero attached hydrogens (tertiary/aromatic N) is 3. The summed E-state index contributed by atoms with van der Waals surface area (Å²) >= 11 is 0. The number of carboxylic acids is 1. The third-order valence-corrected chi connectivity index (χ3v) is 5.51. The van der Waals surface area contributed by atoms with Gasteiger partial charge >= 0.3 is 5.97 Å². The van der Waals surface area contributed by atoms with Crippen molar-refractivity contribution in [3.8, 4) is 5.75 Å². The number of nitrogens with one attached hydrogen (secondary N) is 1. The zero-order chi connectivity index (χ0) is 21.2. The number of fused-ring (bicyclic) bond motifs is 1. The second-order valence-corrected chi connectivity index (χ2v) is 7.32. The fourth-order valence-corrected chi connectivity index (χ4v) is 3.75. The van der Waals surface area contributed by atoms with Crippen molar-refractivity contribution in [2.45, 2.75) is 33.6 Å². The maximum atomic E-state index is 12.9. The van der Waals surface area contributed by atoms with Gasteiger partial charge in [-0.1, -0.05) is 0 Å². The fourth-order valence-electron chi connectivity index (χ4n) is 3.75. The van der Waals surface area contributed by atoms with Crippen molar-refractivity contribution < 1.29 is 24.2 Å². The SMILES string of the molecule is CCOc1cccn2c(C(=O)NCC3(C(=O)O)CCN(C(C)=O)CC3)c(C)nc12. The van der Waals surface area contributed by atoms with E-state index in [9.17, 15) is 19.5 Å². The van der Waals surface area contributed by atoms with Crippen LogP contribution in [0.5, 0.6) is 5.75 Å². The summed E-state index contributed by atoms with van der Waals surface area (Å²) in [5.41, 5.74) is 0.334. The molecule has 2 aromatic heterocycles. The number of aromatic nitrogens is 2. The van der Waals surface area contributed by atoms with Crippen LogP contribution >= 0.6 is 0 Å². The predicted molar refractivity (Wildman–Crippen MR) is 105 cm³/mol. The summed E-state index contributed by atoms with van der Waals surface area (Å²) in [6.45, 7) is 6.27. The summed E-state index contributed by atoms with van der Waals surface area (Å²) in [5, 5.41) is 12.6. The first-order chi connectivity index (χ1) is 13.8. The Morgan fingerprint density at radius 1 is 1.31 bits per heavy atom. The molecule has 1 fully saturated rings. The van der Waals surface area contributed by atoms with Crippen LogP contribution in [0, 0.1) is 12.3 Å². The third kappa shape index (κ3) is 3.90. The van der Waals surface area contributed by atoms with E-state index in [1.165, 1.54) is 6.92 Å². The van der Waals surface area contributed by atoms with Crippen LogP contribution in [0.3, 0.4) is 0 Å². The van der Waals surface area contributed by atoms with Gasteiger partial charge in [-0.25, -0.2) is 4.98 Å². The molecule has 3 rings (SSSR count). The molecule has 0 bridgehead atoms. The Hall–Kier alpha value is -3.10. The second-order valence-electron chi connectivity index (χ2n) is 7.32. The van der Waals surface area contributed by atoms with Crippen molar-refractivity contribution in [2.24, 2.45) is 5.41 Å². The van der Waals surface area contributed by atoms with Gasteiger partial charge in [-0.2, -0.15) is 0 Å². The van der Waals surface area contributed by atoms with Crippen LogP contribution in [-0.4, -0.2) is 63.4 Å². The van der Waals surface area contributed by atoms with E-state index in [0.29, 0.717) is 55.3 Å². The lowest BCUT2D eigenvalue weighted by molar-refractivity contribution is -0.153. The Morgan fingerprint density at radius 2 is 2.00 bits per heavy atom. The molecule has 0 unspecified atom stereocenters. The number of hydrogen-bond donors (Lipinski definition) is 2. The Morgan fingerprint density at radius 3 is 2.59 bits per heavy atom. The van der Waals surface area contributed by atoms with Crippen LogP contribution in [0.1, 0.15) is 42.9 Å². The van der Waals surface area contributed by atoms with Gasteiger partial charge in [0.05, 0.1) is 17.7 Å². The highest BCUT2D eigenvalue weighted by molar-refractivity contribution is 5.95. The molecule has 0 saturated carbocycles. The number of imidazole rings is 1. The van der Waals surface area contributed by atoms with Gasteiger partial charge in [-0.15, -0.1) is 0 Å². The van der Waals surface area contributed by atoms with E-state index in [-0.39, 0.29) is 12.5 Å². The molecule has 2 aromatic rings. The molecule has 0 aliphatic carbocycles. The Kier molecular flexibility index (Phi) is 5.76. The number of hydrogen-bond acceptors (Lipinski definition) is 5. The number of pyridine rings is 1. The number of aliphatic carboxylic acids is 1.